The summed E-state index contributed by atoms with van der Waals surface area (Å²) in [4.78, 5) is -0.0778. The topological polar surface area (TPSA) is 70.0 Å². The van der Waals surface area contributed by atoms with Crippen LogP contribution in [0.5, 0.6) is 0 Å². The van der Waals surface area contributed by atoms with Gasteiger partial charge < -0.3 is 0 Å². The molecule has 0 radical (unpaired) electrons. The van der Waals surface area contributed by atoms with E-state index in [1.165, 1.54) is 18.2 Å². The van der Waals surface area contributed by atoms with Crippen LogP contribution < -0.4 is 4.72 Å². The number of rotatable bonds is 5. The highest BCUT2D eigenvalue weighted by molar-refractivity contribution is 8.00. The zero-order valence-corrected chi connectivity index (χ0v) is 12.0. The average Bonchev–Trinajstić information content (AvgIpc) is 2.33. The van der Waals surface area contributed by atoms with E-state index in [1.54, 1.807) is 6.92 Å². The quantitative estimate of drug-likeness (QED) is 0.844. The highest BCUT2D eigenvalue weighted by atomic mass is 32.2. The van der Waals surface area contributed by atoms with E-state index in [0.29, 0.717) is 11.1 Å². The number of halogens is 3. The number of aryl methyl sites for hydroxylation is 1. The Bertz CT molecular complexity index is 622. The molecule has 0 aliphatic carbocycles. The van der Waals surface area contributed by atoms with Crippen molar-refractivity contribution in [1.29, 1.82) is 5.26 Å². The molecular formula is C11H11F3N2O2S2. The fourth-order valence-electron chi connectivity index (χ4n) is 1.35. The molecule has 0 saturated heterocycles. The van der Waals surface area contributed by atoms with Gasteiger partial charge in [0.2, 0.25) is 10.0 Å². The molecule has 0 unspecified atom stereocenters. The first-order valence-electron chi connectivity index (χ1n) is 5.37. The van der Waals surface area contributed by atoms with Crippen molar-refractivity contribution in [2.75, 3.05) is 12.3 Å². The van der Waals surface area contributed by atoms with Crippen molar-refractivity contribution < 1.29 is 21.6 Å². The molecule has 0 fully saturated rings. The van der Waals surface area contributed by atoms with Gasteiger partial charge in [0.15, 0.2) is 0 Å². The summed E-state index contributed by atoms with van der Waals surface area (Å²) in [5, 5.41) is 8.74. The number of benzene rings is 1. The van der Waals surface area contributed by atoms with Crippen LogP contribution in [0.4, 0.5) is 13.2 Å². The highest BCUT2D eigenvalue weighted by Gasteiger charge is 2.27. The van der Waals surface area contributed by atoms with Crippen molar-refractivity contribution in [2.24, 2.45) is 0 Å². The Morgan fingerprint density at radius 1 is 1.40 bits per heavy atom. The third kappa shape index (κ3) is 5.03. The third-order valence-corrected chi connectivity index (χ3v) is 4.48. The van der Waals surface area contributed by atoms with Crippen LogP contribution >= 0.6 is 11.8 Å². The molecule has 0 aliphatic rings. The smallest absolute Gasteiger partial charge is 0.210 e. The zero-order chi connectivity index (χ0) is 15.4. The van der Waals surface area contributed by atoms with Crippen LogP contribution in [0.3, 0.4) is 0 Å². The molecule has 0 aromatic heterocycles. The molecule has 4 nitrogen and oxygen atoms in total. The predicted molar refractivity (Wildman–Crippen MR) is 69.6 cm³/mol. The van der Waals surface area contributed by atoms with Gasteiger partial charge in [-0.2, -0.15) is 18.4 Å². The normalized spacial score (nSPS) is 12.2. The van der Waals surface area contributed by atoms with Crippen molar-refractivity contribution in [1.82, 2.24) is 4.72 Å². The summed E-state index contributed by atoms with van der Waals surface area (Å²) in [5.41, 5.74) is -3.55. The summed E-state index contributed by atoms with van der Waals surface area (Å²) in [6.45, 7) is 1.25. The lowest BCUT2D eigenvalue weighted by Crippen LogP contribution is -2.26. The fraction of sp³-hybridized carbons (Fsp3) is 0.364. The molecule has 1 N–H and O–H groups in total. The van der Waals surface area contributed by atoms with Crippen LogP contribution in [0.1, 0.15) is 11.1 Å². The fourth-order valence-corrected chi connectivity index (χ4v) is 3.04. The molecule has 1 aromatic carbocycles. The Kier molecular flexibility index (Phi) is 5.44. The first kappa shape index (κ1) is 16.8. The molecule has 0 aliphatic heterocycles. The number of alkyl halides is 3. The van der Waals surface area contributed by atoms with Gasteiger partial charge in [-0.15, -0.1) is 0 Å². The second-order valence-electron chi connectivity index (χ2n) is 3.78. The third-order valence-electron chi connectivity index (χ3n) is 2.29. The molecule has 0 bridgehead atoms. The van der Waals surface area contributed by atoms with E-state index in [0.717, 1.165) is 0 Å². The number of hydrogen-bond donors (Lipinski definition) is 1. The summed E-state index contributed by atoms with van der Waals surface area (Å²) in [6.07, 6.45) is 0. The van der Waals surface area contributed by atoms with E-state index in [2.05, 4.69) is 4.72 Å². The van der Waals surface area contributed by atoms with E-state index in [1.807, 2.05) is 6.07 Å². The zero-order valence-electron chi connectivity index (χ0n) is 10.4. The Hall–Kier alpha value is -1.24. The predicted octanol–water partition coefficient (Wildman–Crippen LogP) is 2.40. The second kappa shape index (κ2) is 6.47. The minimum Gasteiger partial charge on any atom is -0.210 e. The molecule has 0 saturated carbocycles. The number of nitrogens with zero attached hydrogens (tertiary/aromatic N) is 1. The monoisotopic (exact) mass is 324 g/mol. The van der Waals surface area contributed by atoms with Crippen LogP contribution in [0, 0.1) is 18.3 Å². The van der Waals surface area contributed by atoms with Crippen LogP contribution in [-0.4, -0.2) is 26.2 Å². The van der Waals surface area contributed by atoms with Gasteiger partial charge in [-0.3, -0.25) is 0 Å². The van der Waals surface area contributed by atoms with Gasteiger partial charge in [-0.25, -0.2) is 13.1 Å². The van der Waals surface area contributed by atoms with Crippen LogP contribution in [0.2, 0.25) is 0 Å². The van der Waals surface area contributed by atoms with Gasteiger partial charge >= 0.3 is 5.51 Å². The standard InChI is InChI=1S/C11H11F3N2O2S2/c1-8-6-10(3-2-9(8)7-15)20(17,18)16-4-5-19-11(12,13)14/h2-3,6,16H,4-5H2,1H3. The lowest BCUT2D eigenvalue weighted by molar-refractivity contribution is -0.0327. The Morgan fingerprint density at radius 2 is 2.05 bits per heavy atom. The molecular weight excluding hydrogens is 313 g/mol. The van der Waals surface area contributed by atoms with Crippen molar-refractivity contribution in [2.45, 2.75) is 17.3 Å². The minimum absolute atomic E-state index is 0.0778. The number of thioether (sulfide) groups is 1. The molecule has 20 heavy (non-hydrogen) atoms. The van der Waals surface area contributed by atoms with Crippen LogP contribution in [0.25, 0.3) is 0 Å². The number of hydrogen-bond acceptors (Lipinski definition) is 4. The summed E-state index contributed by atoms with van der Waals surface area (Å²) in [6, 6.07) is 5.80. The lowest BCUT2D eigenvalue weighted by atomic mass is 10.1. The number of nitriles is 1. The minimum atomic E-state index is -4.38. The molecule has 1 rings (SSSR count). The van der Waals surface area contributed by atoms with Gasteiger partial charge in [0.1, 0.15) is 0 Å². The van der Waals surface area contributed by atoms with E-state index in [9.17, 15) is 21.6 Å². The summed E-state index contributed by atoms with van der Waals surface area (Å²) < 4.78 is 61.4. The largest absolute Gasteiger partial charge is 0.441 e. The maximum Gasteiger partial charge on any atom is 0.441 e. The average molecular weight is 324 g/mol. The summed E-state index contributed by atoms with van der Waals surface area (Å²) in [5.74, 6) is -0.405. The molecule has 110 valence electrons. The maximum absolute atomic E-state index is 11.9. The second-order valence-corrected chi connectivity index (χ2v) is 6.71. The molecule has 0 amide bonds. The molecule has 0 spiro atoms. The van der Waals surface area contributed by atoms with E-state index in [-0.39, 0.29) is 23.2 Å². The molecule has 0 atom stereocenters. The summed E-state index contributed by atoms with van der Waals surface area (Å²) in [7, 11) is -3.87. The van der Waals surface area contributed by atoms with Crippen LogP contribution in [0.15, 0.2) is 23.1 Å². The molecule has 0 heterocycles. The molecule has 1 aromatic rings. The van der Waals surface area contributed by atoms with Crippen molar-refractivity contribution in [3.05, 3.63) is 29.3 Å². The maximum atomic E-state index is 11.9. The van der Waals surface area contributed by atoms with E-state index >= 15 is 0 Å². The van der Waals surface area contributed by atoms with Crippen molar-refractivity contribution in [3.8, 4) is 6.07 Å². The van der Waals surface area contributed by atoms with E-state index in [4.69, 9.17) is 5.26 Å². The van der Waals surface area contributed by atoms with Gasteiger partial charge in [0.05, 0.1) is 16.5 Å². The highest BCUT2D eigenvalue weighted by Crippen LogP contribution is 2.29. The van der Waals surface area contributed by atoms with Gasteiger partial charge in [-0.05, 0) is 42.4 Å². The first-order valence-corrected chi connectivity index (χ1v) is 7.84. The van der Waals surface area contributed by atoms with E-state index < -0.39 is 21.3 Å². The Morgan fingerprint density at radius 3 is 2.55 bits per heavy atom. The van der Waals surface area contributed by atoms with Crippen molar-refractivity contribution in [3.63, 3.8) is 0 Å². The van der Waals surface area contributed by atoms with Gasteiger partial charge in [-0.1, -0.05) is 0 Å². The number of sulfonamides is 1. The Labute approximate surface area is 119 Å². The SMILES string of the molecule is Cc1cc(S(=O)(=O)NCCSC(F)(F)F)ccc1C#N. The van der Waals surface area contributed by atoms with Crippen molar-refractivity contribution >= 4 is 21.8 Å². The van der Waals surface area contributed by atoms with Crippen LogP contribution in [-0.2, 0) is 10.0 Å². The lowest BCUT2D eigenvalue weighted by Gasteiger charge is -2.09. The molecule has 9 heteroatoms. The Balaban J connectivity index is 2.70. The van der Waals surface area contributed by atoms with Gasteiger partial charge in [0.25, 0.3) is 0 Å². The van der Waals surface area contributed by atoms with Gasteiger partial charge in [0, 0.05) is 12.3 Å². The first-order chi connectivity index (χ1) is 9.15. The number of nitrogens with one attached hydrogen (secondary N) is 1. The summed E-state index contributed by atoms with van der Waals surface area (Å²) >= 11 is -0.291.